The topological polar surface area (TPSA) is 65.4 Å². The van der Waals surface area contributed by atoms with Crippen LogP contribution in [0.3, 0.4) is 0 Å². The minimum Gasteiger partial charge on any atom is -0.493 e. The molecule has 1 heterocycles. The van der Waals surface area contributed by atoms with Crippen molar-refractivity contribution in [2.24, 2.45) is 5.10 Å². The van der Waals surface area contributed by atoms with Gasteiger partial charge in [0.2, 0.25) is 5.95 Å². The van der Waals surface area contributed by atoms with Crippen LogP contribution in [-0.4, -0.2) is 23.0 Å². The van der Waals surface area contributed by atoms with Crippen LogP contribution in [0.5, 0.6) is 5.75 Å². The summed E-state index contributed by atoms with van der Waals surface area (Å²) in [5.41, 5.74) is 6.45. The number of nitrogens with zero attached hydrogens (tertiary/aromatic N) is 3. The number of aromatic nitrogens is 2. The maximum atomic E-state index is 13.4. The first-order valence-corrected chi connectivity index (χ1v) is 5.40. The number of imidazole rings is 1. The van der Waals surface area contributed by atoms with Gasteiger partial charge in [-0.05, 0) is 13.0 Å². The summed E-state index contributed by atoms with van der Waals surface area (Å²) in [4.78, 5) is 3.95. The van der Waals surface area contributed by atoms with Crippen LogP contribution in [0.15, 0.2) is 23.4 Å². The van der Waals surface area contributed by atoms with Crippen molar-refractivity contribution in [3.05, 3.63) is 41.2 Å². The summed E-state index contributed by atoms with van der Waals surface area (Å²) < 4.78 is 32.8. The Balaban J connectivity index is 2.40. The summed E-state index contributed by atoms with van der Waals surface area (Å²) in [6.45, 7) is 1.75. The highest BCUT2D eigenvalue weighted by atomic mass is 19.1. The largest absolute Gasteiger partial charge is 0.493 e. The minimum absolute atomic E-state index is 0.0828. The second kappa shape index (κ2) is 5.05. The highest BCUT2D eigenvalue weighted by Gasteiger charge is 2.10. The molecule has 0 amide bonds. The van der Waals surface area contributed by atoms with Crippen LogP contribution in [0.2, 0.25) is 0 Å². The van der Waals surface area contributed by atoms with Gasteiger partial charge in [0.1, 0.15) is 5.82 Å². The van der Waals surface area contributed by atoms with Crippen LogP contribution in [-0.2, 0) is 0 Å². The lowest BCUT2D eigenvalue weighted by Crippen LogP contribution is -2.00. The van der Waals surface area contributed by atoms with Gasteiger partial charge in [0.15, 0.2) is 11.6 Å². The lowest BCUT2D eigenvalue weighted by atomic mass is 10.2. The molecule has 0 aliphatic heterocycles. The monoisotopic (exact) mass is 266 g/mol. The summed E-state index contributed by atoms with van der Waals surface area (Å²) in [7, 11) is 1.30. The van der Waals surface area contributed by atoms with E-state index in [0.29, 0.717) is 5.69 Å². The van der Waals surface area contributed by atoms with Gasteiger partial charge in [0.05, 0.1) is 25.2 Å². The maximum Gasteiger partial charge on any atom is 0.221 e. The molecule has 1 aromatic carbocycles. The first-order valence-electron chi connectivity index (χ1n) is 5.40. The van der Waals surface area contributed by atoms with Gasteiger partial charge in [-0.3, -0.25) is 0 Å². The SMILES string of the molecule is COc1c(F)cc(F)cc1C=Nn1cc(C)nc1N. The molecule has 2 aromatic rings. The normalized spacial score (nSPS) is 11.2. The Kier molecular flexibility index (Phi) is 3.46. The predicted octanol–water partition coefficient (Wildman–Crippen LogP) is 1.94. The Bertz CT molecular complexity index is 637. The number of rotatable bonds is 3. The molecule has 1 aromatic heterocycles. The van der Waals surface area contributed by atoms with Crippen LogP contribution in [0.25, 0.3) is 0 Å². The number of hydrogen-bond donors (Lipinski definition) is 1. The molecule has 0 fully saturated rings. The molecular formula is C12H12F2N4O. The third-order valence-electron chi connectivity index (χ3n) is 2.40. The van der Waals surface area contributed by atoms with Gasteiger partial charge in [0.25, 0.3) is 0 Å². The highest BCUT2D eigenvalue weighted by molar-refractivity contribution is 5.83. The molecule has 0 saturated heterocycles. The zero-order chi connectivity index (χ0) is 14.0. The van der Waals surface area contributed by atoms with Crippen molar-refractivity contribution in [1.82, 2.24) is 9.66 Å². The molecule has 5 nitrogen and oxygen atoms in total. The summed E-state index contributed by atoms with van der Waals surface area (Å²) >= 11 is 0. The van der Waals surface area contributed by atoms with Crippen molar-refractivity contribution in [3.63, 3.8) is 0 Å². The fraction of sp³-hybridized carbons (Fsp3) is 0.167. The van der Waals surface area contributed by atoms with E-state index in [1.165, 1.54) is 18.0 Å². The third-order valence-corrected chi connectivity index (χ3v) is 2.40. The molecule has 7 heteroatoms. The average molecular weight is 266 g/mol. The maximum absolute atomic E-state index is 13.4. The van der Waals surface area contributed by atoms with Crippen LogP contribution in [0, 0.1) is 18.6 Å². The van der Waals surface area contributed by atoms with E-state index in [1.807, 2.05) is 0 Å². The molecule has 100 valence electrons. The number of nitrogen functional groups attached to an aromatic ring is 1. The molecule has 2 N–H and O–H groups in total. The highest BCUT2D eigenvalue weighted by Crippen LogP contribution is 2.22. The van der Waals surface area contributed by atoms with Crippen molar-refractivity contribution < 1.29 is 13.5 Å². The smallest absolute Gasteiger partial charge is 0.221 e. The third kappa shape index (κ3) is 2.70. The van der Waals surface area contributed by atoms with Gasteiger partial charge in [-0.2, -0.15) is 5.10 Å². The quantitative estimate of drug-likeness (QED) is 0.863. The van der Waals surface area contributed by atoms with E-state index in [2.05, 4.69) is 10.1 Å². The zero-order valence-electron chi connectivity index (χ0n) is 10.4. The standard InChI is InChI=1S/C12H12F2N4O/c1-7-6-18(12(15)17-7)16-5-8-3-9(13)4-10(14)11(8)19-2/h3-6H,1-2H3,(H2,15,17). The Hall–Kier alpha value is -2.44. The van der Waals surface area contributed by atoms with Gasteiger partial charge >= 0.3 is 0 Å². The molecule has 19 heavy (non-hydrogen) atoms. The van der Waals surface area contributed by atoms with Gasteiger partial charge < -0.3 is 10.5 Å². The van der Waals surface area contributed by atoms with E-state index in [0.717, 1.165) is 12.1 Å². The number of ether oxygens (including phenoxy) is 1. The van der Waals surface area contributed by atoms with E-state index < -0.39 is 11.6 Å². The molecule has 0 bridgehead atoms. The lowest BCUT2D eigenvalue weighted by Gasteiger charge is -2.05. The predicted molar refractivity (Wildman–Crippen MR) is 67.3 cm³/mol. The van der Waals surface area contributed by atoms with Crippen molar-refractivity contribution in [3.8, 4) is 5.75 Å². The fourth-order valence-corrected chi connectivity index (χ4v) is 1.61. The molecule has 0 spiro atoms. The van der Waals surface area contributed by atoms with Gasteiger partial charge in [0, 0.05) is 11.6 Å². The van der Waals surface area contributed by atoms with E-state index in [4.69, 9.17) is 10.5 Å². The molecule has 0 atom stereocenters. The molecule has 0 unspecified atom stereocenters. The van der Waals surface area contributed by atoms with E-state index in [9.17, 15) is 8.78 Å². The fourth-order valence-electron chi connectivity index (χ4n) is 1.61. The molecule has 0 aliphatic rings. The number of aryl methyl sites for hydroxylation is 1. The van der Waals surface area contributed by atoms with Crippen LogP contribution < -0.4 is 10.5 Å². The lowest BCUT2D eigenvalue weighted by molar-refractivity contribution is 0.383. The number of anilines is 1. The van der Waals surface area contributed by atoms with Crippen molar-refractivity contribution in [2.45, 2.75) is 6.92 Å². The van der Waals surface area contributed by atoms with E-state index >= 15 is 0 Å². The molecule has 2 rings (SSSR count). The van der Waals surface area contributed by atoms with Crippen molar-refractivity contribution in [2.75, 3.05) is 12.8 Å². The number of nitrogens with two attached hydrogens (primary N) is 1. The minimum atomic E-state index is -0.793. The van der Waals surface area contributed by atoms with Gasteiger partial charge in [-0.15, -0.1) is 0 Å². The molecule has 0 radical (unpaired) electrons. The van der Waals surface area contributed by atoms with Crippen LogP contribution >= 0.6 is 0 Å². The number of halogens is 2. The summed E-state index contributed by atoms with van der Waals surface area (Å²) in [6.07, 6.45) is 2.84. The Morgan fingerprint density at radius 3 is 2.74 bits per heavy atom. The second-order valence-electron chi connectivity index (χ2n) is 3.84. The van der Waals surface area contributed by atoms with Crippen LogP contribution in [0.4, 0.5) is 14.7 Å². The Labute approximate surface area is 108 Å². The average Bonchev–Trinajstić information content (AvgIpc) is 2.64. The first-order chi connectivity index (χ1) is 9.01. The summed E-state index contributed by atoms with van der Waals surface area (Å²) in [6, 6.07) is 1.86. The molecular weight excluding hydrogens is 254 g/mol. The second-order valence-corrected chi connectivity index (χ2v) is 3.84. The summed E-state index contributed by atoms with van der Waals surface area (Å²) in [5, 5.41) is 3.98. The molecule has 0 aliphatic carbocycles. The zero-order valence-corrected chi connectivity index (χ0v) is 10.4. The first kappa shape index (κ1) is 13.0. The van der Waals surface area contributed by atoms with E-state index in [-0.39, 0.29) is 17.3 Å². The number of benzene rings is 1. The van der Waals surface area contributed by atoms with Crippen molar-refractivity contribution in [1.29, 1.82) is 0 Å². The van der Waals surface area contributed by atoms with Gasteiger partial charge in [-0.25, -0.2) is 18.4 Å². The van der Waals surface area contributed by atoms with Gasteiger partial charge in [-0.1, -0.05) is 0 Å². The van der Waals surface area contributed by atoms with E-state index in [1.54, 1.807) is 13.1 Å². The number of hydrogen-bond acceptors (Lipinski definition) is 4. The summed E-state index contributed by atoms with van der Waals surface area (Å²) in [5.74, 6) is -1.40. The van der Waals surface area contributed by atoms with Crippen LogP contribution in [0.1, 0.15) is 11.3 Å². The van der Waals surface area contributed by atoms with Crippen molar-refractivity contribution >= 4 is 12.2 Å². The Morgan fingerprint density at radius 2 is 2.16 bits per heavy atom. The molecule has 0 saturated carbocycles. The number of methoxy groups -OCH3 is 1. The Morgan fingerprint density at radius 1 is 1.42 bits per heavy atom.